The van der Waals surface area contributed by atoms with E-state index in [9.17, 15) is 13.2 Å². The molecule has 0 bridgehead atoms. The maximum Gasteiger partial charge on any atom is 0.238 e. The second-order valence-corrected chi connectivity index (χ2v) is 8.89. The van der Waals surface area contributed by atoms with Gasteiger partial charge in [0.05, 0.1) is 12.3 Å². The van der Waals surface area contributed by atoms with Crippen LogP contribution < -0.4 is 5.32 Å². The second kappa shape index (κ2) is 10.0. The number of hydrogen-bond acceptors (Lipinski definition) is 4. The number of nitrogens with one attached hydrogen (secondary N) is 1. The largest absolute Gasteiger partial charge is 0.325 e. The average Bonchev–Trinajstić information content (AvgIpc) is 2.63. The van der Waals surface area contributed by atoms with E-state index < -0.39 is 10.0 Å². The van der Waals surface area contributed by atoms with Crippen LogP contribution in [0.2, 0.25) is 0 Å². The third kappa shape index (κ3) is 6.37. The van der Waals surface area contributed by atoms with E-state index in [1.807, 2.05) is 29.2 Å². The quantitative estimate of drug-likeness (QED) is 0.667. The number of carbonyl (C=O) groups excluding carboxylic acids is 1. The lowest BCUT2D eigenvalue weighted by atomic mass is 10.1. The molecular weight excluding hydrogens is 350 g/mol. The molecule has 1 aliphatic rings. The lowest BCUT2D eigenvalue weighted by molar-refractivity contribution is -0.117. The molecule has 1 aromatic carbocycles. The van der Waals surface area contributed by atoms with Gasteiger partial charge in [0, 0.05) is 31.9 Å². The van der Waals surface area contributed by atoms with Gasteiger partial charge in [0.25, 0.3) is 0 Å². The van der Waals surface area contributed by atoms with Crippen LogP contribution in [0.4, 0.5) is 5.69 Å². The standard InChI is InChI=1S/C19H31N3O3S/c1-3-5-6-15-26(24,25)22-13-11-21(12-14-22)16-19(23)20-18-9-7-17(4-2)8-10-18/h7-10H,3-6,11-16H2,1-2H3,(H,20,23). The minimum atomic E-state index is -3.16. The molecule has 0 unspecified atom stereocenters. The van der Waals surface area contributed by atoms with Crippen LogP contribution >= 0.6 is 0 Å². The maximum absolute atomic E-state index is 12.3. The minimum absolute atomic E-state index is 0.0616. The average molecular weight is 382 g/mol. The Kier molecular flexibility index (Phi) is 8.06. The van der Waals surface area contributed by atoms with Crippen molar-refractivity contribution in [3.63, 3.8) is 0 Å². The zero-order valence-electron chi connectivity index (χ0n) is 15.9. The number of benzene rings is 1. The Morgan fingerprint density at radius 2 is 1.69 bits per heavy atom. The number of piperazine rings is 1. The van der Waals surface area contributed by atoms with Crippen molar-refractivity contribution in [3.05, 3.63) is 29.8 Å². The molecule has 0 saturated carbocycles. The van der Waals surface area contributed by atoms with E-state index in [4.69, 9.17) is 0 Å². The molecule has 0 aliphatic carbocycles. The highest BCUT2D eigenvalue weighted by Crippen LogP contribution is 2.12. The molecule has 1 heterocycles. The molecule has 0 atom stereocenters. The Morgan fingerprint density at radius 3 is 2.27 bits per heavy atom. The van der Waals surface area contributed by atoms with Crippen LogP contribution in [0.3, 0.4) is 0 Å². The number of rotatable bonds is 9. The molecule has 6 nitrogen and oxygen atoms in total. The molecule has 7 heteroatoms. The van der Waals surface area contributed by atoms with E-state index in [1.54, 1.807) is 4.31 Å². The van der Waals surface area contributed by atoms with Crippen molar-refractivity contribution in [2.75, 3.05) is 43.8 Å². The molecule has 2 rings (SSSR count). The number of nitrogens with zero attached hydrogens (tertiary/aromatic N) is 2. The molecule has 1 saturated heterocycles. The smallest absolute Gasteiger partial charge is 0.238 e. The molecule has 26 heavy (non-hydrogen) atoms. The Morgan fingerprint density at radius 1 is 1.04 bits per heavy atom. The fourth-order valence-corrected chi connectivity index (χ4v) is 4.60. The van der Waals surface area contributed by atoms with Crippen LogP contribution in [0.25, 0.3) is 0 Å². The van der Waals surface area contributed by atoms with Gasteiger partial charge in [0.15, 0.2) is 0 Å². The van der Waals surface area contributed by atoms with E-state index in [0.29, 0.717) is 32.7 Å². The summed E-state index contributed by atoms with van der Waals surface area (Å²) in [6.07, 6.45) is 3.65. The van der Waals surface area contributed by atoms with Crippen molar-refractivity contribution in [3.8, 4) is 0 Å². The van der Waals surface area contributed by atoms with Crippen LogP contribution in [-0.2, 0) is 21.2 Å². The van der Waals surface area contributed by atoms with Gasteiger partial charge in [-0.25, -0.2) is 8.42 Å². The molecule has 1 fully saturated rings. The summed E-state index contributed by atoms with van der Waals surface area (Å²) in [4.78, 5) is 14.2. The third-order valence-corrected chi connectivity index (χ3v) is 6.70. The Hall–Kier alpha value is -1.44. The number of amides is 1. The number of carbonyl (C=O) groups is 1. The molecule has 1 aliphatic heterocycles. The van der Waals surface area contributed by atoms with Crippen molar-refractivity contribution in [1.29, 1.82) is 0 Å². The van der Waals surface area contributed by atoms with Crippen molar-refractivity contribution < 1.29 is 13.2 Å². The summed E-state index contributed by atoms with van der Waals surface area (Å²) in [6, 6.07) is 7.85. The third-order valence-electron chi connectivity index (χ3n) is 4.74. The monoisotopic (exact) mass is 381 g/mol. The van der Waals surface area contributed by atoms with E-state index in [0.717, 1.165) is 31.4 Å². The first-order valence-electron chi connectivity index (χ1n) is 9.53. The first-order chi connectivity index (χ1) is 12.4. The zero-order valence-corrected chi connectivity index (χ0v) is 16.7. The summed E-state index contributed by atoms with van der Waals surface area (Å²) in [5.41, 5.74) is 2.03. The highest BCUT2D eigenvalue weighted by Gasteiger charge is 2.27. The fraction of sp³-hybridized carbons (Fsp3) is 0.632. The van der Waals surface area contributed by atoms with Crippen molar-refractivity contribution in [1.82, 2.24) is 9.21 Å². The number of aryl methyl sites for hydroxylation is 1. The van der Waals surface area contributed by atoms with Gasteiger partial charge in [-0.2, -0.15) is 4.31 Å². The summed E-state index contributed by atoms with van der Waals surface area (Å²) in [5.74, 6) is 0.170. The van der Waals surface area contributed by atoms with Gasteiger partial charge in [0.1, 0.15) is 0 Å². The topological polar surface area (TPSA) is 69.7 Å². The lowest BCUT2D eigenvalue weighted by Gasteiger charge is -2.33. The van der Waals surface area contributed by atoms with Gasteiger partial charge in [0.2, 0.25) is 15.9 Å². The van der Waals surface area contributed by atoms with Crippen LogP contribution in [0.5, 0.6) is 0 Å². The number of unbranched alkanes of at least 4 members (excludes halogenated alkanes) is 2. The van der Waals surface area contributed by atoms with Crippen molar-refractivity contribution in [2.24, 2.45) is 0 Å². The van der Waals surface area contributed by atoms with Gasteiger partial charge in [-0.1, -0.05) is 38.8 Å². The second-order valence-electron chi connectivity index (χ2n) is 6.80. The predicted octanol–water partition coefficient (Wildman–Crippen LogP) is 2.33. The molecule has 1 aromatic rings. The first kappa shape index (κ1) is 20.9. The molecule has 1 amide bonds. The molecule has 1 N–H and O–H groups in total. The van der Waals surface area contributed by atoms with E-state index >= 15 is 0 Å². The van der Waals surface area contributed by atoms with Crippen LogP contribution in [0.1, 0.15) is 38.7 Å². The number of anilines is 1. The first-order valence-corrected chi connectivity index (χ1v) is 11.1. The van der Waals surface area contributed by atoms with E-state index in [1.165, 1.54) is 5.56 Å². The van der Waals surface area contributed by atoms with Crippen LogP contribution in [0, 0.1) is 0 Å². The minimum Gasteiger partial charge on any atom is -0.325 e. The Labute approximate surface area is 157 Å². The fourth-order valence-electron chi connectivity index (χ4n) is 3.06. The SMILES string of the molecule is CCCCCS(=O)(=O)N1CCN(CC(=O)Nc2ccc(CC)cc2)CC1. The highest BCUT2D eigenvalue weighted by molar-refractivity contribution is 7.89. The van der Waals surface area contributed by atoms with E-state index in [-0.39, 0.29) is 11.7 Å². The number of hydrogen-bond donors (Lipinski definition) is 1. The van der Waals surface area contributed by atoms with Crippen LogP contribution in [0.15, 0.2) is 24.3 Å². The normalized spacial score (nSPS) is 16.5. The molecule has 0 radical (unpaired) electrons. The summed E-state index contributed by atoms with van der Waals surface area (Å²) >= 11 is 0. The van der Waals surface area contributed by atoms with Crippen molar-refractivity contribution >= 4 is 21.6 Å². The van der Waals surface area contributed by atoms with Gasteiger partial charge in [-0.05, 0) is 30.5 Å². The summed E-state index contributed by atoms with van der Waals surface area (Å²) < 4.78 is 26.2. The summed E-state index contributed by atoms with van der Waals surface area (Å²) in [5, 5.41) is 2.90. The van der Waals surface area contributed by atoms with E-state index in [2.05, 4.69) is 19.2 Å². The van der Waals surface area contributed by atoms with Gasteiger partial charge < -0.3 is 5.32 Å². The molecule has 0 aromatic heterocycles. The Balaban J connectivity index is 1.76. The summed E-state index contributed by atoms with van der Waals surface area (Å²) in [7, 11) is -3.16. The van der Waals surface area contributed by atoms with Gasteiger partial charge in [-0.15, -0.1) is 0 Å². The highest BCUT2D eigenvalue weighted by atomic mass is 32.2. The summed E-state index contributed by atoms with van der Waals surface area (Å²) in [6.45, 7) is 6.56. The zero-order chi connectivity index (χ0) is 19.0. The lowest BCUT2D eigenvalue weighted by Crippen LogP contribution is -2.50. The molecule has 0 spiro atoms. The molecule has 146 valence electrons. The Bertz CT molecular complexity index is 666. The van der Waals surface area contributed by atoms with Crippen molar-refractivity contribution in [2.45, 2.75) is 39.5 Å². The predicted molar refractivity (Wildman–Crippen MR) is 106 cm³/mol. The maximum atomic E-state index is 12.3. The van der Waals surface area contributed by atoms with Gasteiger partial charge in [-0.3, -0.25) is 9.69 Å². The van der Waals surface area contributed by atoms with Crippen LogP contribution in [-0.4, -0.2) is 62.0 Å². The van der Waals surface area contributed by atoms with Gasteiger partial charge >= 0.3 is 0 Å². The molecular formula is C19H31N3O3S. The number of sulfonamides is 1.